The average molecular weight is 379 g/mol. The van der Waals surface area contributed by atoms with E-state index in [4.69, 9.17) is 4.74 Å². The lowest BCUT2D eigenvalue weighted by Gasteiger charge is -2.16. The molecule has 0 saturated heterocycles. The molecule has 1 heterocycles. The first kappa shape index (κ1) is 19.2. The van der Waals surface area contributed by atoms with Gasteiger partial charge in [0.25, 0.3) is 5.91 Å². The van der Waals surface area contributed by atoms with E-state index in [2.05, 4.69) is 20.8 Å². The van der Waals surface area contributed by atoms with E-state index >= 15 is 0 Å². The van der Waals surface area contributed by atoms with E-state index in [0.717, 1.165) is 5.56 Å². The molecule has 2 aromatic carbocycles. The summed E-state index contributed by atoms with van der Waals surface area (Å²) in [7, 11) is 0. The highest BCUT2D eigenvalue weighted by Crippen LogP contribution is 2.13. The number of benzene rings is 2. The molecule has 3 aromatic rings. The summed E-state index contributed by atoms with van der Waals surface area (Å²) in [4.78, 5) is 24.5. The second kappa shape index (κ2) is 8.90. The van der Waals surface area contributed by atoms with Crippen LogP contribution in [0.25, 0.3) is 5.69 Å². The third-order valence-electron chi connectivity index (χ3n) is 4.32. The maximum absolute atomic E-state index is 12.3. The number of hydrogen-bond acceptors (Lipinski definition) is 6. The third-order valence-corrected chi connectivity index (χ3v) is 4.32. The molecule has 2 atom stereocenters. The number of ether oxygens (including phenoxy) is 1. The second-order valence-corrected chi connectivity index (χ2v) is 6.41. The molecule has 0 aliphatic heterocycles. The highest BCUT2D eigenvalue weighted by Gasteiger charge is 2.19. The molecule has 0 radical (unpaired) electrons. The fourth-order valence-corrected chi connectivity index (χ4v) is 2.61. The van der Waals surface area contributed by atoms with Crippen LogP contribution in [0.5, 0.6) is 0 Å². The minimum absolute atomic E-state index is 0.159. The van der Waals surface area contributed by atoms with E-state index in [1.165, 1.54) is 11.0 Å². The number of aromatic nitrogens is 4. The summed E-state index contributed by atoms with van der Waals surface area (Å²) in [5.74, 6) is -0.740. The third kappa shape index (κ3) is 4.79. The zero-order valence-corrected chi connectivity index (χ0v) is 15.6. The van der Waals surface area contributed by atoms with Gasteiger partial charge in [-0.15, -0.1) is 5.10 Å². The van der Waals surface area contributed by atoms with E-state index in [-0.39, 0.29) is 11.8 Å². The molecule has 0 fully saturated rings. The Morgan fingerprint density at radius 1 is 1.07 bits per heavy atom. The van der Waals surface area contributed by atoms with Gasteiger partial charge < -0.3 is 10.1 Å². The van der Waals surface area contributed by atoms with Crippen molar-refractivity contribution in [1.29, 1.82) is 0 Å². The van der Waals surface area contributed by atoms with E-state index in [1.54, 1.807) is 31.2 Å². The second-order valence-electron chi connectivity index (χ2n) is 6.41. The number of nitrogens with one attached hydrogen (secondary N) is 1. The number of nitrogens with zero attached hydrogens (tertiary/aromatic N) is 4. The van der Waals surface area contributed by atoms with Crippen molar-refractivity contribution in [2.45, 2.75) is 25.9 Å². The molecule has 0 aliphatic carbocycles. The number of hydrogen-bond donors (Lipinski definition) is 1. The van der Waals surface area contributed by atoms with Crippen molar-refractivity contribution < 1.29 is 14.3 Å². The van der Waals surface area contributed by atoms with Crippen molar-refractivity contribution >= 4 is 11.9 Å². The summed E-state index contributed by atoms with van der Waals surface area (Å²) in [6.07, 6.45) is 0.561. The summed E-state index contributed by atoms with van der Waals surface area (Å²) in [5, 5.41) is 13.7. The largest absolute Gasteiger partial charge is 0.449 e. The molecule has 0 spiro atoms. The van der Waals surface area contributed by atoms with Crippen molar-refractivity contribution in [3.63, 3.8) is 0 Å². The molecule has 1 amide bonds. The Balaban J connectivity index is 1.51. The van der Waals surface area contributed by atoms with E-state index in [0.29, 0.717) is 17.8 Å². The Bertz CT molecular complexity index is 911. The van der Waals surface area contributed by atoms with E-state index in [1.807, 2.05) is 37.3 Å². The summed E-state index contributed by atoms with van der Waals surface area (Å²) >= 11 is 0. The molecular formula is C20H21N5O3. The van der Waals surface area contributed by atoms with Gasteiger partial charge in [0.1, 0.15) is 6.33 Å². The van der Waals surface area contributed by atoms with Gasteiger partial charge in [0.05, 0.1) is 11.3 Å². The molecule has 0 unspecified atom stereocenters. The van der Waals surface area contributed by atoms with Gasteiger partial charge in [-0.25, -0.2) is 9.48 Å². The minimum Gasteiger partial charge on any atom is -0.449 e. The van der Waals surface area contributed by atoms with Crippen LogP contribution < -0.4 is 5.32 Å². The van der Waals surface area contributed by atoms with Crippen LogP contribution in [0.3, 0.4) is 0 Å². The lowest BCUT2D eigenvalue weighted by molar-refractivity contribution is -0.129. The predicted molar refractivity (Wildman–Crippen MR) is 102 cm³/mol. The molecule has 8 heteroatoms. The number of rotatable bonds is 7. The van der Waals surface area contributed by atoms with E-state index < -0.39 is 12.1 Å². The van der Waals surface area contributed by atoms with Crippen molar-refractivity contribution in [3.8, 4) is 5.69 Å². The van der Waals surface area contributed by atoms with Crippen LogP contribution in [-0.2, 0) is 9.53 Å². The summed E-state index contributed by atoms with van der Waals surface area (Å²) in [6, 6.07) is 16.5. The highest BCUT2D eigenvalue weighted by atomic mass is 16.5. The Kier molecular flexibility index (Phi) is 6.11. The highest BCUT2D eigenvalue weighted by molar-refractivity contribution is 5.92. The molecule has 0 bridgehead atoms. The summed E-state index contributed by atoms with van der Waals surface area (Å²) in [6.45, 7) is 4.04. The molecule has 28 heavy (non-hydrogen) atoms. The van der Waals surface area contributed by atoms with Crippen LogP contribution in [0.15, 0.2) is 60.9 Å². The lowest BCUT2D eigenvalue weighted by atomic mass is 10.0. The fourth-order valence-electron chi connectivity index (χ4n) is 2.61. The first-order valence-electron chi connectivity index (χ1n) is 8.91. The summed E-state index contributed by atoms with van der Waals surface area (Å²) < 4.78 is 6.74. The van der Waals surface area contributed by atoms with Gasteiger partial charge in [0, 0.05) is 6.54 Å². The van der Waals surface area contributed by atoms with Gasteiger partial charge >= 0.3 is 5.97 Å². The monoisotopic (exact) mass is 379 g/mol. The standard InChI is InChI=1S/C20H21N5O3/c1-14(16-6-4-3-5-7-16)12-21-19(26)15(2)28-20(27)17-8-10-18(11-9-17)25-13-22-23-24-25/h3-11,13-15H,12H2,1-2H3,(H,21,26)/t14-,15+/m0/s1. The maximum Gasteiger partial charge on any atom is 0.338 e. The van der Waals surface area contributed by atoms with Crippen molar-refractivity contribution in [2.75, 3.05) is 6.54 Å². The number of amides is 1. The number of carbonyl (C=O) groups is 2. The van der Waals surface area contributed by atoms with Crippen molar-refractivity contribution in [3.05, 3.63) is 72.1 Å². The molecule has 0 saturated carbocycles. The van der Waals surface area contributed by atoms with Gasteiger partial charge in [0.2, 0.25) is 0 Å². The number of tetrazole rings is 1. The first-order chi connectivity index (χ1) is 13.5. The normalized spacial score (nSPS) is 12.8. The lowest BCUT2D eigenvalue weighted by Crippen LogP contribution is -2.37. The zero-order valence-electron chi connectivity index (χ0n) is 15.6. The van der Waals surface area contributed by atoms with Gasteiger partial charge in [0.15, 0.2) is 6.10 Å². The Morgan fingerprint density at radius 2 is 1.79 bits per heavy atom. The Labute approximate surface area is 162 Å². The fraction of sp³-hybridized carbons (Fsp3) is 0.250. The van der Waals surface area contributed by atoms with Gasteiger partial charge in [-0.05, 0) is 53.1 Å². The predicted octanol–water partition coefficient (Wildman–Crippen LogP) is 2.13. The van der Waals surface area contributed by atoms with Crippen LogP contribution in [0.2, 0.25) is 0 Å². The zero-order chi connectivity index (χ0) is 19.9. The SMILES string of the molecule is C[C@@H](OC(=O)c1ccc(-n2cnnn2)cc1)C(=O)NC[C@H](C)c1ccccc1. The maximum atomic E-state index is 12.3. The molecular weight excluding hydrogens is 358 g/mol. The molecule has 1 N–H and O–H groups in total. The summed E-state index contributed by atoms with van der Waals surface area (Å²) in [5.41, 5.74) is 2.19. The van der Waals surface area contributed by atoms with Gasteiger partial charge in [-0.3, -0.25) is 4.79 Å². The van der Waals surface area contributed by atoms with Crippen LogP contribution in [-0.4, -0.2) is 44.7 Å². The Hall–Kier alpha value is -3.55. The van der Waals surface area contributed by atoms with Crippen LogP contribution in [0.4, 0.5) is 0 Å². The topological polar surface area (TPSA) is 99.0 Å². The molecule has 0 aliphatic rings. The first-order valence-corrected chi connectivity index (χ1v) is 8.91. The molecule has 1 aromatic heterocycles. The van der Waals surface area contributed by atoms with Crippen molar-refractivity contribution in [2.24, 2.45) is 0 Å². The van der Waals surface area contributed by atoms with E-state index in [9.17, 15) is 9.59 Å². The number of carbonyl (C=O) groups excluding carboxylic acids is 2. The van der Waals surface area contributed by atoms with Crippen LogP contribution in [0.1, 0.15) is 35.7 Å². The van der Waals surface area contributed by atoms with Gasteiger partial charge in [-0.2, -0.15) is 0 Å². The minimum atomic E-state index is -0.894. The van der Waals surface area contributed by atoms with Gasteiger partial charge in [-0.1, -0.05) is 37.3 Å². The smallest absolute Gasteiger partial charge is 0.338 e. The van der Waals surface area contributed by atoms with Crippen molar-refractivity contribution in [1.82, 2.24) is 25.5 Å². The quantitative estimate of drug-likeness (QED) is 0.632. The number of esters is 1. The Morgan fingerprint density at radius 3 is 2.43 bits per heavy atom. The molecule has 3 rings (SSSR count). The van der Waals surface area contributed by atoms with Crippen LogP contribution in [0, 0.1) is 0 Å². The molecule has 144 valence electrons. The average Bonchev–Trinajstić information content (AvgIpc) is 3.27. The van der Waals surface area contributed by atoms with Crippen LogP contribution >= 0.6 is 0 Å². The molecule has 8 nitrogen and oxygen atoms in total.